The van der Waals surface area contributed by atoms with Crippen LogP contribution in [0.15, 0.2) is 24.5 Å². The summed E-state index contributed by atoms with van der Waals surface area (Å²) in [6, 6.07) is 4.03. The number of pyridine rings is 1. The quantitative estimate of drug-likeness (QED) is 0.892. The maximum Gasteiger partial charge on any atom is 0.128 e. The Kier molecular flexibility index (Phi) is 3.50. The molecule has 0 spiro atoms. The van der Waals surface area contributed by atoms with Gasteiger partial charge in [-0.25, -0.2) is 4.98 Å². The van der Waals surface area contributed by atoms with Gasteiger partial charge in [-0.15, -0.1) is 0 Å². The molecule has 0 amide bonds. The average Bonchev–Trinajstić information content (AvgIpc) is 2.66. The summed E-state index contributed by atoms with van der Waals surface area (Å²) < 4.78 is 1.83. The molecule has 0 aromatic carbocycles. The Bertz CT molecular complexity index is 513. The molecule has 0 radical (unpaired) electrons. The molecule has 0 aliphatic carbocycles. The number of rotatable bonds is 4. The van der Waals surface area contributed by atoms with Crippen LogP contribution in [-0.4, -0.2) is 28.9 Å². The number of hydrogen-bond donors (Lipinski definition) is 1. The summed E-state index contributed by atoms with van der Waals surface area (Å²) in [6.45, 7) is 2.78. The molecule has 2 aromatic rings. The van der Waals surface area contributed by atoms with Crippen molar-refractivity contribution in [3.8, 4) is 0 Å². The Morgan fingerprint density at radius 3 is 2.61 bits per heavy atom. The van der Waals surface area contributed by atoms with Crippen LogP contribution < -0.4 is 10.2 Å². The molecule has 0 bridgehead atoms. The predicted molar refractivity (Wildman–Crippen MR) is 73.8 cm³/mol. The summed E-state index contributed by atoms with van der Waals surface area (Å²) in [7, 11) is 5.90. The Balaban J connectivity index is 2.00. The second-order valence-electron chi connectivity index (χ2n) is 4.57. The van der Waals surface area contributed by atoms with Gasteiger partial charge in [-0.05, 0) is 19.1 Å². The van der Waals surface area contributed by atoms with Crippen LogP contribution in [0.3, 0.4) is 0 Å². The van der Waals surface area contributed by atoms with Crippen molar-refractivity contribution in [3.63, 3.8) is 0 Å². The minimum absolute atomic E-state index is 0.767. The molecule has 2 rings (SSSR count). The first kappa shape index (κ1) is 12.4. The van der Waals surface area contributed by atoms with Crippen molar-refractivity contribution < 1.29 is 0 Å². The van der Waals surface area contributed by atoms with Crippen molar-refractivity contribution in [1.82, 2.24) is 14.8 Å². The third kappa shape index (κ3) is 2.80. The van der Waals surface area contributed by atoms with Crippen molar-refractivity contribution in [2.24, 2.45) is 7.05 Å². The largest absolute Gasteiger partial charge is 0.380 e. The molecule has 0 aliphatic heterocycles. The summed E-state index contributed by atoms with van der Waals surface area (Å²) in [5.74, 6) is 0.957. The molecule has 0 aliphatic rings. The number of nitrogens with one attached hydrogen (secondary N) is 1. The standard InChI is InChI=1S/C13H19N5/c1-10-11(9-18(4)16-10)7-14-12-5-6-13(15-8-12)17(2)3/h5-6,8-9,14H,7H2,1-4H3. The molecular formula is C13H19N5. The lowest BCUT2D eigenvalue weighted by Gasteiger charge is -2.11. The van der Waals surface area contributed by atoms with Crippen molar-refractivity contribution in [1.29, 1.82) is 0 Å². The second-order valence-corrected chi connectivity index (χ2v) is 4.57. The molecule has 2 aromatic heterocycles. The van der Waals surface area contributed by atoms with Crippen LogP contribution in [0.4, 0.5) is 11.5 Å². The lowest BCUT2D eigenvalue weighted by atomic mass is 10.2. The van der Waals surface area contributed by atoms with Gasteiger partial charge in [-0.3, -0.25) is 4.68 Å². The van der Waals surface area contributed by atoms with Crippen molar-refractivity contribution >= 4 is 11.5 Å². The highest BCUT2D eigenvalue weighted by molar-refractivity contribution is 5.48. The molecule has 0 atom stereocenters. The molecule has 0 saturated carbocycles. The van der Waals surface area contributed by atoms with Crippen LogP contribution in [0.2, 0.25) is 0 Å². The van der Waals surface area contributed by atoms with Gasteiger partial charge in [0.15, 0.2) is 0 Å². The molecule has 2 heterocycles. The lowest BCUT2D eigenvalue weighted by molar-refractivity contribution is 0.756. The summed E-state index contributed by atoms with van der Waals surface area (Å²) >= 11 is 0. The smallest absolute Gasteiger partial charge is 0.128 e. The van der Waals surface area contributed by atoms with Gasteiger partial charge in [-0.2, -0.15) is 5.10 Å². The van der Waals surface area contributed by atoms with Gasteiger partial charge in [0.1, 0.15) is 5.82 Å². The van der Waals surface area contributed by atoms with E-state index in [0.29, 0.717) is 0 Å². The SMILES string of the molecule is Cc1nn(C)cc1CNc1ccc(N(C)C)nc1. The van der Waals surface area contributed by atoms with Gasteiger partial charge in [0.2, 0.25) is 0 Å². The van der Waals surface area contributed by atoms with E-state index < -0.39 is 0 Å². The van der Waals surface area contributed by atoms with E-state index in [1.807, 2.05) is 62.2 Å². The van der Waals surface area contributed by atoms with E-state index in [2.05, 4.69) is 15.4 Å². The number of aromatic nitrogens is 3. The first-order valence-corrected chi connectivity index (χ1v) is 5.92. The van der Waals surface area contributed by atoms with Gasteiger partial charge in [0.25, 0.3) is 0 Å². The Hall–Kier alpha value is -2.04. The third-order valence-electron chi connectivity index (χ3n) is 2.80. The van der Waals surface area contributed by atoms with Gasteiger partial charge in [-0.1, -0.05) is 0 Å². The first-order chi connectivity index (χ1) is 8.56. The molecule has 0 fully saturated rings. The van der Waals surface area contributed by atoms with Gasteiger partial charge >= 0.3 is 0 Å². The molecular weight excluding hydrogens is 226 g/mol. The Morgan fingerprint density at radius 2 is 2.11 bits per heavy atom. The normalized spacial score (nSPS) is 10.4. The highest BCUT2D eigenvalue weighted by atomic mass is 15.3. The monoisotopic (exact) mass is 245 g/mol. The maximum absolute atomic E-state index is 4.36. The Morgan fingerprint density at radius 1 is 1.33 bits per heavy atom. The maximum atomic E-state index is 4.36. The Labute approximate surface area is 107 Å². The zero-order chi connectivity index (χ0) is 13.1. The summed E-state index contributed by atoms with van der Waals surface area (Å²) in [5.41, 5.74) is 3.28. The highest BCUT2D eigenvalue weighted by Crippen LogP contribution is 2.13. The third-order valence-corrected chi connectivity index (χ3v) is 2.80. The van der Waals surface area contributed by atoms with Crippen molar-refractivity contribution in [2.45, 2.75) is 13.5 Å². The first-order valence-electron chi connectivity index (χ1n) is 5.92. The van der Waals surface area contributed by atoms with Crippen LogP contribution in [0, 0.1) is 6.92 Å². The van der Waals surface area contributed by atoms with Crippen LogP contribution in [-0.2, 0) is 13.6 Å². The van der Waals surface area contributed by atoms with E-state index in [4.69, 9.17) is 0 Å². The number of aryl methyl sites for hydroxylation is 2. The van der Waals surface area contributed by atoms with E-state index in [1.165, 1.54) is 5.56 Å². The zero-order valence-corrected chi connectivity index (χ0v) is 11.3. The van der Waals surface area contributed by atoms with Crippen LogP contribution >= 0.6 is 0 Å². The van der Waals surface area contributed by atoms with Crippen molar-refractivity contribution in [3.05, 3.63) is 35.8 Å². The number of anilines is 2. The van der Waals surface area contributed by atoms with Gasteiger partial charge < -0.3 is 10.2 Å². The molecule has 5 heteroatoms. The number of nitrogens with zero attached hydrogens (tertiary/aromatic N) is 4. The summed E-state index contributed by atoms with van der Waals surface area (Å²) in [4.78, 5) is 6.34. The summed E-state index contributed by atoms with van der Waals surface area (Å²) in [5, 5.41) is 7.66. The second kappa shape index (κ2) is 5.08. The molecule has 18 heavy (non-hydrogen) atoms. The molecule has 1 N–H and O–H groups in total. The number of hydrogen-bond acceptors (Lipinski definition) is 4. The van der Waals surface area contributed by atoms with Crippen LogP contribution in [0.5, 0.6) is 0 Å². The minimum atomic E-state index is 0.767. The summed E-state index contributed by atoms with van der Waals surface area (Å²) in [6.07, 6.45) is 3.88. The fourth-order valence-corrected chi connectivity index (χ4v) is 1.77. The fourth-order valence-electron chi connectivity index (χ4n) is 1.77. The van der Waals surface area contributed by atoms with E-state index in [0.717, 1.165) is 23.7 Å². The predicted octanol–water partition coefficient (Wildman–Crippen LogP) is 1.80. The minimum Gasteiger partial charge on any atom is -0.380 e. The van der Waals surface area contributed by atoms with E-state index in [9.17, 15) is 0 Å². The molecule has 96 valence electrons. The van der Waals surface area contributed by atoms with E-state index in [1.54, 1.807) is 0 Å². The van der Waals surface area contributed by atoms with E-state index >= 15 is 0 Å². The highest BCUT2D eigenvalue weighted by Gasteiger charge is 2.03. The van der Waals surface area contributed by atoms with E-state index in [-0.39, 0.29) is 0 Å². The van der Waals surface area contributed by atoms with Crippen molar-refractivity contribution in [2.75, 3.05) is 24.3 Å². The topological polar surface area (TPSA) is 46.0 Å². The van der Waals surface area contributed by atoms with Gasteiger partial charge in [0, 0.05) is 39.4 Å². The van der Waals surface area contributed by atoms with Crippen LogP contribution in [0.1, 0.15) is 11.3 Å². The van der Waals surface area contributed by atoms with Crippen LogP contribution in [0.25, 0.3) is 0 Å². The molecule has 0 saturated heterocycles. The average molecular weight is 245 g/mol. The molecule has 0 unspecified atom stereocenters. The molecule has 5 nitrogen and oxygen atoms in total. The fraction of sp³-hybridized carbons (Fsp3) is 0.385. The zero-order valence-electron chi connectivity index (χ0n) is 11.3. The van der Waals surface area contributed by atoms with Gasteiger partial charge in [0.05, 0.1) is 17.6 Å². The lowest BCUT2D eigenvalue weighted by Crippen LogP contribution is -2.10.